The third kappa shape index (κ3) is 4.12. The van der Waals surface area contributed by atoms with Crippen LogP contribution < -0.4 is 0 Å². The molecule has 0 bridgehead atoms. The van der Waals surface area contributed by atoms with Crippen LogP contribution in [0.5, 0.6) is 0 Å². The molecule has 1 rings (SSSR count). The molecule has 0 amide bonds. The molecule has 0 aromatic heterocycles. The van der Waals surface area contributed by atoms with Gasteiger partial charge < -0.3 is 9.47 Å². The van der Waals surface area contributed by atoms with Crippen LogP contribution >= 0.6 is 0 Å². The van der Waals surface area contributed by atoms with Crippen molar-refractivity contribution in [1.82, 2.24) is 0 Å². The average molecular weight is 228 g/mol. The summed E-state index contributed by atoms with van der Waals surface area (Å²) in [6, 6.07) is 0. The van der Waals surface area contributed by atoms with Crippen LogP contribution in [0.2, 0.25) is 0 Å². The molecule has 0 spiro atoms. The van der Waals surface area contributed by atoms with Gasteiger partial charge in [-0.15, -0.1) is 0 Å². The minimum atomic E-state index is -0.0668. The molecular formula is C13H24O3. The van der Waals surface area contributed by atoms with Gasteiger partial charge in [0.25, 0.3) is 0 Å². The highest BCUT2D eigenvalue weighted by Crippen LogP contribution is 2.31. The highest BCUT2D eigenvalue weighted by molar-refractivity contribution is 5.73. The summed E-state index contributed by atoms with van der Waals surface area (Å²) in [5.41, 5.74) is 0. The zero-order chi connectivity index (χ0) is 11.8. The molecule has 0 radical (unpaired) electrons. The molecule has 94 valence electrons. The molecule has 1 atom stereocenters. The van der Waals surface area contributed by atoms with E-state index in [9.17, 15) is 4.79 Å². The summed E-state index contributed by atoms with van der Waals surface area (Å²) < 4.78 is 10.6. The molecule has 0 heterocycles. The van der Waals surface area contributed by atoms with Crippen molar-refractivity contribution in [3.63, 3.8) is 0 Å². The van der Waals surface area contributed by atoms with Crippen LogP contribution in [0.3, 0.4) is 0 Å². The summed E-state index contributed by atoms with van der Waals surface area (Å²) in [6.07, 6.45) is 6.09. The predicted molar refractivity (Wildman–Crippen MR) is 63.2 cm³/mol. The molecular weight excluding hydrogens is 204 g/mol. The van der Waals surface area contributed by atoms with Gasteiger partial charge in [0.2, 0.25) is 0 Å². The van der Waals surface area contributed by atoms with Gasteiger partial charge in [0.1, 0.15) is 0 Å². The number of carbonyl (C=O) groups excluding carboxylic acids is 1. The van der Waals surface area contributed by atoms with E-state index >= 15 is 0 Å². The van der Waals surface area contributed by atoms with Crippen molar-refractivity contribution in [3.05, 3.63) is 0 Å². The third-order valence-corrected chi connectivity index (χ3v) is 3.31. The van der Waals surface area contributed by atoms with E-state index in [1.54, 1.807) is 0 Å². The Kier molecular flexibility index (Phi) is 6.46. The van der Waals surface area contributed by atoms with Crippen LogP contribution in [-0.2, 0) is 14.3 Å². The van der Waals surface area contributed by atoms with Gasteiger partial charge >= 0.3 is 5.97 Å². The van der Waals surface area contributed by atoms with Crippen molar-refractivity contribution in [1.29, 1.82) is 0 Å². The van der Waals surface area contributed by atoms with Crippen LogP contribution in [0.25, 0.3) is 0 Å². The number of hydrogen-bond acceptors (Lipinski definition) is 3. The van der Waals surface area contributed by atoms with Crippen molar-refractivity contribution in [2.24, 2.45) is 11.8 Å². The minimum absolute atomic E-state index is 0.0415. The molecule has 0 aromatic carbocycles. The molecule has 0 aromatic rings. The van der Waals surface area contributed by atoms with E-state index in [0.717, 1.165) is 12.8 Å². The first-order valence-electron chi connectivity index (χ1n) is 6.54. The van der Waals surface area contributed by atoms with E-state index in [-0.39, 0.29) is 11.9 Å². The fourth-order valence-electron chi connectivity index (χ4n) is 2.43. The molecule has 1 fully saturated rings. The van der Waals surface area contributed by atoms with Crippen LogP contribution in [0, 0.1) is 11.8 Å². The largest absolute Gasteiger partial charge is 0.466 e. The maximum atomic E-state index is 11.8. The first kappa shape index (κ1) is 13.5. The van der Waals surface area contributed by atoms with E-state index in [1.165, 1.54) is 19.3 Å². The lowest BCUT2D eigenvalue weighted by atomic mass is 9.80. The molecule has 1 saturated carbocycles. The topological polar surface area (TPSA) is 35.5 Å². The molecule has 0 saturated heterocycles. The zero-order valence-electron chi connectivity index (χ0n) is 10.5. The Labute approximate surface area is 98.5 Å². The molecule has 1 aliphatic carbocycles. The third-order valence-electron chi connectivity index (χ3n) is 3.31. The van der Waals surface area contributed by atoms with E-state index in [0.29, 0.717) is 25.7 Å². The van der Waals surface area contributed by atoms with Gasteiger partial charge in [-0.05, 0) is 32.6 Å². The van der Waals surface area contributed by atoms with Crippen LogP contribution in [0.1, 0.15) is 46.0 Å². The van der Waals surface area contributed by atoms with Gasteiger partial charge in [-0.1, -0.05) is 19.3 Å². The maximum absolute atomic E-state index is 11.8. The molecule has 0 N–H and O–H groups in total. The fourth-order valence-corrected chi connectivity index (χ4v) is 2.43. The molecule has 0 aliphatic heterocycles. The van der Waals surface area contributed by atoms with Crippen molar-refractivity contribution < 1.29 is 14.3 Å². The Bertz CT molecular complexity index is 197. The van der Waals surface area contributed by atoms with Gasteiger partial charge in [0.15, 0.2) is 0 Å². The standard InChI is InChI=1S/C13H24O3/c1-3-15-10-12(13(14)16-4-2)11-8-6-5-7-9-11/h11-12H,3-10H2,1-2H3. The monoisotopic (exact) mass is 228 g/mol. The predicted octanol–water partition coefficient (Wildman–Crippen LogP) is 2.78. The first-order chi connectivity index (χ1) is 7.79. The maximum Gasteiger partial charge on any atom is 0.311 e. The lowest BCUT2D eigenvalue weighted by molar-refractivity contribution is -0.153. The van der Waals surface area contributed by atoms with Gasteiger partial charge in [-0.2, -0.15) is 0 Å². The van der Waals surface area contributed by atoms with Gasteiger partial charge in [0, 0.05) is 6.61 Å². The van der Waals surface area contributed by atoms with Crippen molar-refractivity contribution >= 4 is 5.97 Å². The van der Waals surface area contributed by atoms with Gasteiger partial charge in [-0.25, -0.2) is 0 Å². The normalized spacial score (nSPS) is 19.4. The number of esters is 1. The fraction of sp³-hybridized carbons (Fsp3) is 0.923. The van der Waals surface area contributed by atoms with Gasteiger partial charge in [-0.3, -0.25) is 4.79 Å². The molecule has 1 aliphatic rings. The molecule has 3 heteroatoms. The SMILES string of the molecule is CCOCC(C(=O)OCC)C1CCCCC1. The zero-order valence-corrected chi connectivity index (χ0v) is 10.5. The summed E-state index contributed by atoms with van der Waals surface area (Å²) >= 11 is 0. The van der Waals surface area contributed by atoms with E-state index < -0.39 is 0 Å². The smallest absolute Gasteiger partial charge is 0.311 e. The lowest BCUT2D eigenvalue weighted by Gasteiger charge is -2.28. The summed E-state index contributed by atoms with van der Waals surface area (Å²) in [5.74, 6) is 0.363. The summed E-state index contributed by atoms with van der Waals surface area (Å²) in [6.45, 7) is 5.48. The summed E-state index contributed by atoms with van der Waals surface area (Å²) in [5, 5.41) is 0. The van der Waals surface area contributed by atoms with E-state index in [1.807, 2.05) is 13.8 Å². The lowest BCUT2D eigenvalue weighted by Crippen LogP contribution is -2.31. The van der Waals surface area contributed by atoms with Crippen molar-refractivity contribution in [2.75, 3.05) is 19.8 Å². The highest BCUT2D eigenvalue weighted by atomic mass is 16.5. The quantitative estimate of drug-likeness (QED) is 0.656. The van der Waals surface area contributed by atoms with E-state index in [2.05, 4.69) is 0 Å². The average Bonchev–Trinajstić information content (AvgIpc) is 2.31. The number of carbonyl (C=O) groups is 1. The van der Waals surface area contributed by atoms with Crippen molar-refractivity contribution in [2.45, 2.75) is 46.0 Å². The Morgan fingerprint density at radius 2 is 1.88 bits per heavy atom. The summed E-state index contributed by atoms with van der Waals surface area (Å²) in [4.78, 5) is 11.8. The number of ether oxygens (including phenoxy) is 2. The number of rotatable bonds is 6. The van der Waals surface area contributed by atoms with E-state index in [4.69, 9.17) is 9.47 Å². The van der Waals surface area contributed by atoms with Crippen LogP contribution in [0.15, 0.2) is 0 Å². The second kappa shape index (κ2) is 7.66. The van der Waals surface area contributed by atoms with Crippen LogP contribution in [-0.4, -0.2) is 25.8 Å². The van der Waals surface area contributed by atoms with Gasteiger partial charge in [0.05, 0.1) is 19.1 Å². The number of hydrogen-bond donors (Lipinski definition) is 0. The molecule has 16 heavy (non-hydrogen) atoms. The second-order valence-electron chi connectivity index (χ2n) is 4.42. The summed E-state index contributed by atoms with van der Waals surface area (Å²) in [7, 11) is 0. The van der Waals surface area contributed by atoms with Crippen molar-refractivity contribution in [3.8, 4) is 0 Å². The van der Waals surface area contributed by atoms with Crippen LogP contribution in [0.4, 0.5) is 0 Å². The second-order valence-corrected chi connectivity index (χ2v) is 4.42. The first-order valence-corrected chi connectivity index (χ1v) is 6.54. The highest BCUT2D eigenvalue weighted by Gasteiger charge is 2.30. The minimum Gasteiger partial charge on any atom is -0.466 e. The Hall–Kier alpha value is -0.570. The Morgan fingerprint density at radius 3 is 2.44 bits per heavy atom. The Balaban J connectivity index is 2.50. The molecule has 3 nitrogen and oxygen atoms in total. The Morgan fingerprint density at radius 1 is 1.19 bits per heavy atom. The molecule has 1 unspecified atom stereocenters.